The van der Waals surface area contributed by atoms with E-state index in [9.17, 15) is 9.90 Å². The summed E-state index contributed by atoms with van der Waals surface area (Å²) in [5.74, 6) is 1.19. The molecule has 2 unspecified atom stereocenters. The first-order valence-electron chi connectivity index (χ1n) is 5.56. The maximum Gasteiger partial charge on any atom is 0.232 e. The predicted molar refractivity (Wildman–Crippen MR) is 68.8 cm³/mol. The number of aliphatic hydroxyl groups is 1. The molecule has 1 rings (SSSR count). The van der Waals surface area contributed by atoms with Gasteiger partial charge in [0.2, 0.25) is 5.91 Å². The lowest BCUT2D eigenvalue weighted by Gasteiger charge is -2.18. The van der Waals surface area contributed by atoms with Crippen molar-refractivity contribution in [2.45, 2.75) is 31.7 Å². The van der Waals surface area contributed by atoms with Gasteiger partial charge in [-0.15, -0.1) is 11.8 Å². The molecule has 1 amide bonds. The van der Waals surface area contributed by atoms with Gasteiger partial charge in [0.1, 0.15) is 5.76 Å². The summed E-state index contributed by atoms with van der Waals surface area (Å²) in [6.45, 7) is 4.12. The molecule has 17 heavy (non-hydrogen) atoms. The first-order chi connectivity index (χ1) is 8.00. The summed E-state index contributed by atoms with van der Waals surface area (Å²) in [5, 5.41) is 9.38. The normalized spacial score (nSPS) is 14.4. The minimum atomic E-state index is -0.400. The molecule has 0 bridgehead atoms. The van der Waals surface area contributed by atoms with Crippen LogP contribution in [0.4, 0.5) is 0 Å². The van der Waals surface area contributed by atoms with Crippen molar-refractivity contribution in [3.63, 3.8) is 0 Å². The van der Waals surface area contributed by atoms with Gasteiger partial charge >= 0.3 is 0 Å². The molecule has 0 aromatic carbocycles. The van der Waals surface area contributed by atoms with Gasteiger partial charge in [-0.2, -0.15) is 0 Å². The minimum absolute atomic E-state index is 0.0406. The smallest absolute Gasteiger partial charge is 0.232 e. The summed E-state index contributed by atoms with van der Waals surface area (Å²) in [6.07, 6.45) is 1.20. The molecule has 0 saturated heterocycles. The Balaban J connectivity index is 2.32. The molecule has 5 heteroatoms. The lowest BCUT2D eigenvalue weighted by molar-refractivity contribution is -0.127. The number of thioether (sulfide) groups is 1. The average Bonchev–Trinajstić information content (AvgIpc) is 2.77. The number of hydrogen-bond donors (Lipinski definition) is 1. The summed E-state index contributed by atoms with van der Waals surface area (Å²) in [6, 6.07) is 3.65. The third kappa shape index (κ3) is 4.83. The molecule has 1 aromatic rings. The lowest BCUT2D eigenvalue weighted by Crippen LogP contribution is -2.29. The molecular weight excluding hydrogens is 238 g/mol. The number of nitrogens with zero attached hydrogens (tertiary/aromatic N) is 1. The zero-order valence-corrected chi connectivity index (χ0v) is 11.2. The predicted octanol–water partition coefficient (Wildman–Crippen LogP) is 1.74. The third-order valence-corrected chi connectivity index (χ3v) is 3.88. The van der Waals surface area contributed by atoms with E-state index in [-0.39, 0.29) is 11.2 Å². The van der Waals surface area contributed by atoms with Crippen molar-refractivity contribution < 1.29 is 14.3 Å². The van der Waals surface area contributed by atoms with E-state index in [4.69, 9.17) is 4.42 Å². The molecule has 0 aliphatic carbocycles. The van der Waals surface area contributed by atoms with Gasteiger partial charge in [-0.3, -0.25) is 4.79 Å². The number of furan rings is 1. The van der Waals surface area contributed by atoms with Crippen molar-refractivity contribution in [3.8, 4) is 0 Å². The second-order valence-electron chi connectivity index (χ2n) is 4.09. The fraction of sp³-hybridized carbons (Fsp3) is 0.583. The number of aliphatic hydroxyl groups excluding tert-OH is 1. The Morgan fingerprint density at radius 1 is 1.59 bits per heavy atom. The second kappa shape index (κ2) is 6.71. The zero-order valence-electron chi connectivity index (χ0n) is 10.4. The van der Waals surface area contributed by atoms with Gasteiger partial charge in [-0.05, 0) is 19.1 Å². The highest BCUT2D eigenvalue weighted by Crippen LogP contribution is 2.15. The molecule has 2 atom stereocenters. The Bertz CT molecular complexity index is 338. The van der Waals surface area contributed by atoms with E-state index in [1.807, 2.05) is 13.0 Å². The van der Waals surface area contributed by atoms with Crippen LogP contribution >= 0.6 is 11.8 Å². The molecule has 0 aliphatic heterocycles. The summed E-state index contributed by atoms with van der Waals surface area (Å²) in [4.78, 5) is 13.4. The fourth-order valence-electron chi connectivity index (χ4n) is 1.18. The van der Waals surface area contributed by atoms with Gasteiger partial charge in [-0.1, -0.05) is 6.92 Å². The molecular formula is C12H19NO3S. The summed E-state index contributed by atoms with van der Waals surface area (Å²) in [5.41, 5.74) is 0. The van der Waals surface area contributed by atoms with Gasteiger partial charge in [0.15, 0.2) is 0 Å². The van der Waals surface area contributed by atoms with Crippen molar-refractivity contribution in [1.82, 2.24) is 4.90 Å². The van der Waals surface area contributed by atoms with Crippen LogP contribution in [-0.2, 0) is 11.3 Å². The fourth-order valence-corrected chi connectivity index (χ4v) is 2.08. The van der Waals surface area contributed by atoms with Crippen molar-refractivity contribution >= 4 is 17.7 Å². The molecule has 0 saturated carbocycles. The van der Waals surface area contributed by atoms with Crippen molar-refractivity contribution in [1.29, 1.82) is 0 Å². The van der Waals surface area contributed by atoms with Gasteiger partial charge < -0.3 is 14.4 Å². The molecule has 4 nitrogen and oxygen atoms in total. The van der Waals surface area contributed by atoms with Gasteiger partial charge in [-0.25, -0.2) is 0 Å². The van der Waals surface area contributed by atoms with Gasteiger partial charge in [0, 0.05) is 12.3 Å². The summed E-state index contributed by atoms with van der Waals surface area (Å²) >= 11 is 1.46. The van der Waals surface area contributed by atoms with Crippen LogP contribution in [0.2, 0.25) is 0 Å². The Kier molecular flexibility index (Phi) is 5.58. The summed E-state index contributed by atoms with van der Waals surface area (Å²) < 4.78 is 5.18. The Morgan fingerprint density at radius 2 is 2.29 bits per heavy atom. The Labute approximate surface area is 106 Å². The first-order valence-corrected chi connectivity index (χ1v) is 6.61. The topological polar surface area (TPSA) is 53.7 Å². The molecule has 0 aliphatic rings. The maximum absolute atomic E-state index is 11.8. The van der Waals surface area contributed by atoms with Crippen LogP contribution in [0.15, 0.2) is 22.8 Å². The number of rotatable bonds is 6. The van der Waals surface area contributed by atoms with Crippen molar-refractivity contribution in [2.75, 3.05) is 12.8 Å². The van der Waals surface area contributed by atoms with Crippen LogP contribution in [0, 0.1) is 0 Å². The summed E-state index contributed by atoms with van der Waals surface area (Å²) in [7, 11) is 1.75. The van der Waals surface area contributed by atoms with Gasteiger partial charge in [0.25, 0.3) is 0 Å². The van der Waals surface area contributed by atoms with E-state index in [0.717, 1.165) is 5.76 Å². The van der Waals surface area contributed by atoms with Gasteiger partial charge in [0.05, 0.1) is 24.7 Å². The first kappa shape index (κ1) is 14.1. The third-order valence-electron chi connectivity index (χ3n) is 2.55. The maximum atomic E-state index is 11.8. The monoisotopic (exact) mass is 257 g/mol. The van der Waals surface area contributed by atoms with Crippen LogP contribution in [0.1, 0.15) is 19.6 Å². The van der Waals surface area contributed by atoms with E-state index in [0.29, 0.717) is 12.3 Å². The molecule has 1 N–H and O–H groups in total. The van der Waals surface area contributed by atoms with E-state index in [1.54, 1.807) is 31.2 Å². The highest BCUT2D eigenvalue weighted by Gasteiger charge is 2.15. The quantitative estimate of drug-likeness (QED) is 0.843. The molecule has 0 fully saturated rings. The lowest BCUT2D eigenvalue weighted by atomic mass is 10.3. The number of amides is 1. The molecule has 0 radical (unpaired) electrons. The number of hydrogen-bond acceptors (Lipinski definition) is 4. The highest BCUT2D eigenvalue weighted by molar-refractivity contribution is 8.00. The Hall–Kier alpha value is -0.940. The average molecular weight is 257 g/mol. The van der Waals surface area contributed by atoms with Crippen molar-refractivity contribution in [2.24, 2.45) is 0 Å². The Morgan fingerprint density at radius 3 is 2.82 bits per heavy atom. The molecule has 1 heterocycles. The molecule has 1 aromatic heterocycles. The zero-order chi connectivity index (χ0) is 12.8. The van der Waals surface area contributed by atoms with Crippen LogP contribution < -0.4 is 0 Å². The minimum Gasteiger partial charge on any atom is -0.467 e. The van der Waals surface area contributed by atoms with Crippen LogP contribution in [0.3, 0.4) is 0 Å². The van der Waals surface area contributed by atoms with E-state index in [1.165, 1.54) is 11.8 Å². The molecule has 0 spiro atoms. The largest absolute Gasteiger partial charge is 0.467 e. The van der Waals surface area contributed by atoms with E-state index in [2.05, 4.69) is 0 Å². The van der Waals surface area contributed by atoms with Crippen LogP contribution in [0.5, 0.6) is 0 Å². The molecule has 96 valence electrons. The van der Waals surface area contributed by atoms with E-state index < -0.39 is 6.10 Å². The van der Waals surface area contributed by atoms with Crippen LogP contribution in [0.25, 0.3) is 0 Å². The SMILES string of the molecule is CC(O)C(C)SCC(=O)N(C)Cc1ccco1. The highest BCUT2D eigenvalue weighted by atomic mass is 32.2. The van der Waals surface area contributed by atoms with Crippen molar-refractivity contribution in [3.05, 3.63) is 24.2 Å². The van der Waals surface area contributed by atoms with E-state index >= 15 is 0 Å². The number of carbonyl (C=O) groups is 1. The standard InChI is InChI=1S/C12H19NO3S/c1-9(14)10(2)17-8-12(15)13(3)7-11-5-4-6-16-11/h4-6,9-10,14H,7-8H2,1-3H3. The number of carbonyl (C=O) groups excluding carboxylic acids is 1. The second-order valence-corrected chi connectivity index (χ2v) is 5.45. The van der Waals surface area contributed by atoms with Crippen LogP contribution in [-0.4, -0.2) is 40.1 Å².